The quantitative estimate of drug-likeness (QED) is 0.478. The number of aromatic nitrogens is 4. The lowest BCUT2D eigenvalue weighted by atomic mass is 9.83. The van der Waals surface area contributed by atoms with Crippen molar-refractivity contribution < 1.29 is 14.3 Å². The topological polar surface area (TPSA) is 90.2 Å². The second-order valence-electron chi connectivity index (χ2n) is 7.54. The Kier molecular flexibility index (Phi) is 4.91. The zero-order valence-electron chi connectivity index (χ0n) is 16.9. The first-order valence-electron chi connectivity index (χ1n) is 9.47. The highest BCUT2D eigenvalue weighted by atomic mass is 16.5. The number of allylic oxidation sites excluding steroid dienone is 1. The number of likely N-dealkylation sites (N-methyl/N-ethyl adjacent to an activating group) is 1. The number of nitrogens with zero attached hydrogens (tertiary/aromatic N) is 5. The smallest absolute Gasteiger partial charge is 0.340 e. The molecule has 8 heteroatoms. The Labute approximate surface area is 173 Å². The van der Waals surface area contributed by atoms with Gasteiger partial charge in [0, 0.05) is 29.9 Å². The monoisotopic (exact) mass is 403 g/mol. The molecule has 8 nitrogen and oxygen atoms in total. The summed E-state index contributed by atoms with van der Waals surface area (Å²) in [6.07, 6.45) is 2.94. The number of ketones is 1. The summed E-state index contributed by atoms with van der Waals surface area (Å²) in [5, 5.41) is 11.0. The standard InChI is InChI=1S/C22H21N5O3/c1-22(2)17-9-5-7-11-19(17)26(3)20(22)12-15(28)13-30-21(29)16-8-4-6-10-18(16)27-14-23-24-25-27/h4-12,14H,13H2,1-3H3/b20-12-. The van der Waals surface area contributed by atoms with Crippen LogP contribution >= 0.6 is 0 Å². The van der Waals surface area contributed by atoms with Crippen LogP contribution in [0.1, 0.15) is 29.8 Å². The summed E-state index contributed by atoms with van der Waals surface area (Å²) >= 11 is 0. The van der Waals surface area contributed by atoms with E-state index in [4.69, 9.17) is 4.74 Å². The number of tetrazole rings is 1. The number of ether oxygens (including phenoxy) is 1. The minimum absolute atomic E-state index is 0.274. The fraction of sp³-hybridized carbons (Fsp3) is 0.227. The fourth-order valence-electron chi connectivity index (χ4n) is 3.79. The zero-order valence-corrected chi connectivity index (χ0v) is 16.9. The van der Waals surface area contributed by atoms with Gasteiger partial charge >= 0.3 is 5.97 Å². The van der Waals surface area contributed by atoms with E-state index < -0.39 is 5.97 Å². The number of hydrogen-bond acceptors (Lipinski definition) is 7. The van der Waals surface area contributed by atoms with Gasteiger partial charge in [-0.3, -0.25) is 4.79 Å². The average molecular weight is 403 g/mol. The minimum Gasteiger partial charge on any atom is -0.454 e. The maximum atomic E-state index is 12.6. The minimum atomic E-state index is -0.616. The van der Waals surface area contributed by atoms with Crippen LogP contribution in [0.25, 0.3) is 5.69 Å². The van der Waals surface area contributed by atoms with Gasteiger partial charge in [-0.25, -0.2) is 4.79 Å². The fourth-order valence-corrected chi connectivity index (χ4v) is 3.79. The van der Waals surface area contributed by atoms with E-state index in [9.17, 15) is 9.59 Å². The highest BCUT2D eigenvalue weighted by Crippen LogP contribution is 2.46. The van der Waals surface area contributed by atoms with Gasteiger partial charge in [-0.2, -0.15) is 4.68 Å². The molecule has 4 rings (SSSR count). The normalized spacial score (nSPS) is 15.8. The van der Waals surface area contributed by atoms with Gasteiger partial charge in [0.1, 0.15) is 6.33 Å². The van der Waals surface area contributed by atoms with E-state index in [1.54, 1.807) is 30.3 Å². The molecule has 0 bridgehead atoms. The lowest BCUT2D eigenvalue weighted by Crippen LogP contribution is -2.25. The first-order chi connectivity index (χ1) is 14.4. The summed E-state index contributed by atoms with van der Waals surface area (Å²) in [4.78, 5) is 27.2. The van der Waals surface area contributed by atoms with Crippen LogP contribution in [-0.4, -0.2) is 45.6 Å². The van der Waals surface area contributed by atoms with Crippen molar-refractivity contribution in [2.24, 2.45) is 0 Å². The number of esters is 1. The van der Waals surface area contributed by atoms with Crippen molar-refractivity contribution in [3.63, 3.8) is 0 Å². The van der Waals surface area contributed by atoms with Gasteiger partial charge in [-0.1, -0.05) is 44.2 Å². The van der Waals surface area contributed by atoms with Gasteiger partial charge in [-0.05, 0) is 34.2 Å². The summed E-state index contributed by atoms with van der Waals surface area (Å²) in [6.45, 7) is 3.79. The Morgan fingerprint density at radius 2 is 1.77 bits per heavy atom. The van der Waals surface area contributed by atoms with Crippen molar-refractivity contribution in [1.29, 1.82) is 0 Å². The summed E-state index contributed by atoms with van der Waals surface area (Å²) in [5.74, 6) is -0.902. The van der Waals surface area contributed by atoms with E-state index in [2.05, 4.69) is 35.4 Å². The molecule has 1 aromatic heterocycles. The summed E-state index contributed by atoms with van der Waals surface area (Å²) in [7, 11) is 1.93. The third-order valence-electron chi connectivity index (χ3n) is 5.30. The van der Waals surface area contributed by atoms with Gasteiger partial charge in [0.25, 0.3) is 0 Å². The molecule has 0 amide bonds. The van der Waals surface area contributed by atoms with Crippen LogP contribution in [0.4, 0.5) is 5.69 Å². The van der Waals surface area contributed by atoms with Crippen LogP contribution in [0.15, 0.2) is 66.6 Å². The Morgan fingerprint density at radius 1 is 1.07 bits per heavy atom. The molecular weight excluding hydrogens is 382 g/mol. The molecule has 0 atom stereocenters. The van der Waals surface area contributed by atoms with Crippen molar-refractivity contribution in [2.45, 2.75) is 19.3 Å². The maximum Gasteiger partial charge on any atom is 0.340 e. The molecule has 0 unspecified atom stereocenters. The van der Waals surface area contributed by atoms with Crippen LogP contribution in [0.2, 0.25) is 0 Å². The molecular formula is C22H21N5O3. The van der Waals surface area contributed by atoms with Gasteiger partial charge in [0.15, 0.2) is 12.4 Å². The molecule has 0 aliphatic carbocycles. The number of carbonyl (C=O) groups excluding carboxylic acids is 2. The second-order valence-corrected chi connectivity index (χ2v) is 7.54. The Hall–Kier alpha value is -3.81. The molecule has 3 aromatic rings. The number of hydrogen-bond donors (Lipinski definition) is 0. The van der Waals surface area contributed by atoms with Gasteiger partial charge in [0.05, 0.1) is 11.3 Å². The number of carbonyl (C=O) groups is 2. The first-order valence-corrected chi connectivity index (χ1v) is 9.47. The van der Waals surface area contributed by atoms with Gasteiger partial charge in [0.2, 0.25) is 0 Å². The highest BCUT2D eigenvalue weighted by Gasteiger charge is 2.38. The molecule has 0 N–H and O–H groups in total. The van der Waals surface area contributed by atoms with Crippen LogP contribution in [0, 0.1) is 0 Å². The van der Waals surface area contributed by atoms with E-state index in [0.717, 1.165) is 16.9 Å². The molecule has 152 valence electrons. The van der Waals surface area contributed by atoms with Crippen LogP contribution < -0.4 is 4.90 Å². The first kappa shape index (κ1) is 19.5. The molecule has 0 saturated carbocycles. The molecule has 0 spiro atoms. The van der Waals surface area contributed by atoms with Crippen LogP contribution in [0.3, 0.4) is 0 Å². The van der Waals surface area contributed by atoms with Gasteiger partial charge < -0.3 is 9.64 Å². The van der Waals surface area contributed by atoms with Crippen molar-refractivity contribution in [2.75, 3.05) is 18.6 Å². The molecule has 30 heavy (non-hydrogen) atoms. The molecule has 2 heterocycles. The average Bonchev–Trinajstić information content (AvgIpc) is 3.35. The predicted octanol–water partition coefficient (Wildman–Crippen LogP) is 2.70. The molecule has 0 fully saturated rings. The third kappa shape index (κ3) is 3.36. The van der Waals surface area contributed by atoms with Crippen LogP contribution in [-0.2, 0) is 14.9 Å². The molecule has 0 saturated heterocycles. The SMILES string of the molecule is CN1/C(=C\C(=O)COC(=O)c2ccccc2-n2cnnn2)C(C)(C)c2ccccc21. The zero-order chi connectivity index (χ0) is 21.3. The lowest BCUT2D eigenvalue weighted by Gasteiger charge is -2.23. The molecule has 2 aromatic carbocycles. The maximum absolute atomic E-state index is 12.6. The van der Waals surface area contributed by atoms with E-state index in [-0.39, 0.29) is 23.4 Å². The number of anilines is 1. The summed E-state index contributed by atoms with van der Waals surface area (Å²) in [6, 6.07) is 14.8. The van der Waals surface area contributed by atoms with Crippen molar-refractivity contribution in [1.82, 2.24) is 20.2 Å². The second kappa shape index (κ2) is 7.55. The largest absolute Gasteiger partial charge is 0.454 e. The van der Waals surface area contributed by atoms with Gasteiger partial charge in [-0.15, -0.1) is 5.10 Å². The van der Waals surface area contributed by atoms with Crippen LogP contribution in [0.5, 0.6) is 0 Å². The van der Waals surface area contributed by atoms with E-state index in [0.29, 0.717) is 5.69 Å². The van der Waals surface area contributed by atoms with Crippen molar-refractivity contribution >= 4 is 17.4 Å². The molecule has 0 radical (unpaired) electrons. The number of benzene rings is 2. The number of fused-ring (bicyclic) bond motifs is 1. The Bertz CT molecular complexity index is 1140. The summed E-state index contributed by atoms with van der Waals surface area (Å²) in [5.41, 5.74) is 3.51. The van der Waals surface area contributed by atoms with Crippen molar-refractivity contribution in [3.8, 4) is 5.69 Å². The summed E-state index contributed by atoms with van der Waals surface area (Å²) < 4.78 is 6.65. The third-order valence-corrected chi connectivity index (χ3v) is 5.30. The number of rotatable bonds is 5. The lowest BCUT2D eigenvalue weighted by molar-refractivity contribution is -0.117. The Balaban J connectivity index is 1.50. The van der Waals surface area contributed by atoms with E-state index in [1.165, 1.54) is 11.0 Å². The van der Waals surface area contributed by atoms with E-state index in [1.807, 2.05) is 30.1 Å². The highest BCUT2D eigenvalue weighted by molar-refractivity contribution is 5.98. The van der Waals surface area contributed by atoms with Crippen molar-refractivity contribution in [3.05, 3.63) is 77.8 Å². The molecule has 1 aliphatic heterocycles. The Morgan fingerprint density at radius 3 is 2.47 bits per heavy atom. The number of para-hydroxylation sites is 2. The molecule has 1 aliphatic rings. The van der Waals surface area contributed by atoms with E-state index >= 15 is 0 Å². The predicted molar refractivity (Wildman–Crippen MR) is 110 cm³/mol.